The summed E-state index contributed by atoms with van der Waals surface area (Å²) in [6.45, 7) is 5.72. The van der Waals surface area contributed by atoms with Crippen molar-refractivity contribution in [2.24, 2.45) is 0 Å². The Morgan fingerprint density at radius 2 is 1.85 bits per heavy atom. The number of nitrogens with zero attached hydrogens (tertiary/aromatic N) is 2. The fourth-order valence-electron chi connectivity index (χ4n) is 4.48. The number of halogens is 1. The fraction of sp³-hybridized carbons (Fsp3) is 0.321. The van der Waals surface area contributed by atoms with E-state index in [2.05, 4.69) is 29.2 Å². The van der Waals surface area contributed by atoms with Crippen molar-refractivity contribution in [3.05, 3.63) is 101 Å². The normalized spacial score (nSPS) is 16.7. The minimum Gasteiger partial charge on any atom is -0.481 e. The minimum absolute atomic E-state index is 0.0255. The van der Waals surface area contributed by atoms with E-state index in [1.807, 2.05) is 43.3 Å². The quantitative estimate of drug-likeness (QED) is 0.499. The number of amides is 1. The molecule has 2 unspecified atom stereocenters. The predicted octanol–water partition coefficient (Wildman–Crippen LogP) is 5.22. The third-order valence-corrected chi connectivity index (χ3v) is 6.40. The van der Waals surface area contributed by atoms with Crippen LogP contribution in [0.15, 0.2) is 72.8 Å². The van der Waals surface area contributed by atoms with Crippen LogP contribution in [0.3, 0.4) is 0 Å². The second-order valence-electron chi connectivity index (χ2n) is 8.60. The molecule has 0 bridgehead atoms. The van der Waals surface area contributed by atoms with E-state index in [1.54, 1.807) is 24.9 Å². The van der Waals surface area contributed by atoms with Gasteiger partial charge in [-0.3, -0.25) is 9.69 Å². The van der Waals surface area contributed by atoms with E-state index in [9.17, 15) is 9.18 Å². The van der Waals surface area contributed by atoms with Gasteiger partial charge in [0, 0.05) is 32.2 Å². The highest BCUT2D eigenvalue weighted by Gasteiger charge is 2.30. The molecule has 4 nitrogen and oxygen atoms in total. The molecule has 0 N–H and O–H groups in total. The molecule has 0 saturated carbocycles. The van der Waals surface area contributed by atoms with E-state index < -0.39 is 6.10 Å². The molecule has 1 aliphatic heterocycles. The van der Waals surface area contributed by atoms with Crippen molar-refractivity contribution < 1.29 is 13.9 Å². The van der Waals surface area contributed by atoms with Crippen LogP contribution < -0.4 is 4.74 Å². The van der Waals surface area contributed by atoms with Gasteiger partial charge >= 0.3 is 0 Å². The number of ether oxygens (including phenoxy) is 1. The van der Waals surface area contributed by atoms with Crippen LogP contribution >= 0.6 is 0 Å². The van der Waals surface area contributed by atoms with Crippen LogP contribution in [0.1, 0.15) is 42.1 Å². The zero-order valence-corrected chi connectivity index (χ0v) is 19.5. The first-order valence-corrected chi connectivity index (χ1v) is 11.5. The van der Waals surface area contributed by atoms with E-state index in [0.717, 1.165) is 24.1 Å². The lowest BCUT2D eigenvalue weighted by molar-refractivity contribution is -0.136. The molecule has 172 valence electrons. The number of rotatable bonds is 7. The van der Waals surface area contributed by atoms with E-state index in [0.29, 0.717) is 24.4 Å². The van der Waals surface area contributed by atoms with Gasteiger partial charge in [-0.25, -0.2) is 4.39 Å². The van der Waals surface area contributed by atoms with Gasteiger partial charge in [0.15, 0.2) is 6.10 Å². The Hall–Kier alpha value is -3.18. The maximum Gasteiger partial charge on any atom is 0.263 e. The summed E-state index contributed by atoms with van der Waals surface area (Å²) < 4.78 is 20.5. The van der Waals surface area contributed by atoms with Crippen molar-refractivity contribution in [3.8, 4) is 5.75 Å². The first kappa shape index (κ1) is 23.0. The van der Waals surface area contributed by atoms with Crippen LogP contribution in [0.5, 0.6) is 5.75 Å². The van der Waals surface area contributed by atoms with Crippen LogP contribution in [0, 0.1) is 5.82 Å². The molecule has 2 atom stereocenters. The van der Waals surface area contributed by atoms with Crippen molar-refractivity contribution in [1.29, 1.82) is 0 Å². The Bertz CT molecular complexity index is 1100. The van der Waals surface area contributed by atoms with Crippen molar-refractivity contribution in [3.63, 3.8) is 0 Å². The summed E-state index contributed by atoms with van der Waals surface area (Å²) in [6.07, 6.45) is 0.307. The molecule has 3 aromatic carbocycles. The molecular formula is C28H31FN2O2. The van der Waals surface area contributed by atoms with Crippen LogP contribution in [-0.4, -0.2) is 41.9 Å². The van der Waals surface area contributed by atoms with Gasteiger partial charge in [-0.2, -0.15) is 0 Å². The van der Waals surface area contributed by atoms with Gasteiger partial charge in [-0.1, -0.05) is 54.6 Å². The lowest BCUT2D eigenvalue weighted by atomic mass is 9.87. The first-order chi connectivity index (χ1) is 16.0. The molecule has 0 saturated heterocycles. The highest BCUT2D eigenvalue weighted by atomic mass is 19.1. The van der Waals surface area contributed by atoms with Crippen LogP contribution in [0.4, 0.5) is 4.39 Å². The molecule has 4 rings (SSSR count). The molecule has 1 amide bonds. The van der Waals surface area contributed by atoms with Crippen molar-refractivity contribution in [1.82, 2.24) is 9.80 Å². The molecule has 0 aromatic heterocycles. The van der Waals surface area contributed by atoms with Crippen LogP contribution in [0.25, 0.3) is 0 Å². The average molecular weight is 447 g/mol. The van der Waals surface area contributed by atoms with Gasteiger partial charge in [0.2, 0.25) is 0 Å². The molecule has 0 aliphatic carbocycles. The van der Waals surface area contributed by atoms with Gasteiger partial charge in [0.25, 0.3) is 5.91 Å². The number of carbonyl (C=O) groups is 1. The number of hydrogen-bond donors (Lipinski definition) is 0. The molecule has 3 aromatic rings. The zero-order valence-electron chi connectivity index (χ0n) is 19.5. The third-order valence-electron chi connectivity index (χ3n) is 6.40. The summed E-state index contributed by atoms with van der Waals surface area (Å²) in [5.41, 5.74) is 4.24. The number of hydrogen-bond acceptors (Lipinski definition) is 3. The van der Waals surface area contributed by atoms with E-state index in [1.165, 1.54) is 11.6 Å². The van der Waals surface area contributed by atoms with Gasteiger partial charge in [0.05, 0.1) is 6.04 Å². The smallest absolute Gasteiger partial charge is 0.263 e. The lowest BCUT2D eigenvalue weighted by Gasteiger charge is -2.38. The van der Waals surface area contributed by atoms with Gasteiger partial charge in [0.1, 0.15) is 11.6 Å². The number of carbonyl (C=O) groups excluding carboxylic acids is 1. The van der Waals surface area contributed by atoms with E-state index in [-0.39, 0.29) is 17.8 Å². The molecule has 0 radical (unpaired) electrons. The number of fused-ring (bicyclic) bond motifs is 1. The summed E-state index contributed by atoms with van der Waals surface area (Å²) in [6, 6.07) is 23.3. The lowest BCUT2D eigenvalue weighted by Crippen LogP contribution is -2.38. The molecular weight excluding hydrogens is 415 g/mol. The Balaban J connectivity index is 1.67. The Morgan fingerprint density at radius 3 is 2.58 bits per heavy atom. The summed E-state index contributed by atoms with van der Waals surface area (Å²) in [7, 11) is 1.78. The fourth-order valence-corrected chi connectivity index (χ4v) is 4.48. The first-order valence-electron chi connectivity index (χ1n) is 11.5. The molecule has 33 heavy (non-hydrogen) atoms. The van der Waals surface area contributed by atoms with Gasteiger partial charge in [-0.15, -0.1) is 0 Å². The third kappa shape index (κ3) is 5.09. The zero-order chi connectivity index (χ0) is 23.4. The van der Waals surface area contributed by atoms with Crippen LogP contribution in [0.2, 0.25) is 0 Å². The van der Waals surface area contributed by atoms with Gasteiger partial charge in [-0.05, 0) is 55.2 Å². The summed E-state index contributed by atoms with van der Waals surface area (Å²) >= 11 is 0. The summed E-state index contributed by atoms with van der Waals surface area (Å²) in [5.74, 6) is 0.448. The maximum absolute atomic E-state index is 14.5. The largest absolute Gasteiger partial charge is 0.481 e. The Labute approximate surface area is 195 Å². The molecule has 0 fully saturated rings. The summed E-state index contributed by atoms with van der Waals surface area (Å²) in [5, 5.41) is 0. The molecule has 1 aliphatic rings. The highest BCUT2D eigenvalue weighted by Crippen LogP contribution is 2.38. The predicted molar refractivity (Wildman–Crippen MR) is 129 cm³/mol. The van der Waals surface area contributed by atoms with Gasteiger partial charge < -0.3 is 9.64 Å². The van der Waals surface area contributed by atoms with Crippen molar-refractivity contribution in [2.45, 2.75) is 39.0 Å². The Kier molecular flexibility index (Phi) is 7.09. The standard InChI is InChI=1S/C28H31FN2O2/c1-4-30(3)28(32)20(2)33-24-15-14-21-16-17-31(19-23-12-8-9-13-26(23)29)27(25(21)18-24)22-10-6-5-7-11-22/h5-15,18,20,27H,4,16-17,19H2,1-3H3. The Morgan fingerprint density at radius 1 is 1.12 bits per heavy atom. The SMILES string of the molecule is CCN(C)C(=O)C(C)Oc1ccc2c(c1)C(c1ccccc1)N(Cc1ccccc1F)CC2. The monoisotopic (exact) mass is 446 g/mol. The van der Waals surface area contributed by atoms with E-state index >= 15 is 0 Å². The second kappa shape index (κ2) is 10.2. The maximum atomic E-state index is 14.5. The number of benzene rings is 3. The molecule has 0 spiro atoms. The summed E-state index contributed by atoms with van der Waals surface area (Å²) in [4.78, 5) is 16.5. The van der Waals surface area contributed by atoms with Crippen molar-refractivity contribution >= 4 is 5.91 Å². The number of likely N-dealkylation sites (N-methyl/N-ethyl adjacent to an activating group) is 1. The topological polar surface area (TPSA) is 32.8 Å². The highest BCUT2D eigenvalue weighted by molar-refractivity contribution is 5.80. The van der Waals surface area contributed by atoms with Crippen molar-refractivity contribution in [2.75, 3.05) is 20.1 Å². The second-order valence-corrected chi connectivity index (χ2v) is 8.60. The molecule has 1 heterocycles. The van der Waals surface area contributed by atoms with E-state index in [4.69, 9.17) is 4.74 Å². The molecule has 5 heteroatoms. The minimum atomic E-state index is -0.568. The van der Waals surface area contributed by atoms with Crippen LogP contribution in [-0.2, 0) is 17.8 Å². The average Bonchev–Trinajstić information content (AvgIpc) is 2.84.